The molecule has 1 unspecified atom stereocenters. The number of rotatable bonds is 3. The monoisotopic (exact) mass is 228 g/mol. The average molecular weight is 228 g/mol. The summed E-state index contributed by atoms with van der Waals surface area (Å²) >= 11 is 0. The van der Waals surface area contributed by atoms with E-state index in [4.69, 9.17) is 4.74 Å². The van der Waals surface area contributed by atoms with Gasteiger partial charge in [0.25, 0.3) is 0 Å². The fraction of sp³-hybridized carbons (Fsp3) is 0.200. The Morgan fingerprint density at radius 1 is 1.06 bits per heavy atom. The summed E-state index contributed by atoms with van der Waals surface area (Å²) in [5.41, 5.74) is 2.06. The van der Waals surface area contributed by atoms with Crippen LogP contribution in [-0.2, 0) is 0 Å². The van der Waals surface area contributed by atoms with Crippen LogP contribution in [-0.4, -0.2) is 12.2 Å². The van der Waals surface area contributed by atoms with Crippen molar-refractivity contribution in [3.8, 4) is 11.5 Å². The van der Waals surface area contributed by atoms with Crippen LogP contribution in [0.5, 0.6) is 11.5 Å². The first-order chi connectivity index (χ1) is 8.22. The molecule has 0 radical (unpaired) electrons. The summed E-state index contributed by atoms with van der Waals surface area (Å²) in [6.45, 7) is 2.07. The van der Waals surface area contributed by atoms with Crippen LogP contribution in [0, 0.1) is 0 Å². The van der Waals surface area contributed by atoms with Crippen LogP contribution < -0.4 is 4.74 Å². The van der Waals surface area contributed by atoms with Crippen LogP contribution in [0.4, 0.5) is 0 Å². The van der Waals surface area contributed by atoms with Crippen molar-refractivity contribution in [2.75, 3.05) is 7.11 Å². The molecule has 0 aliphatic heterocycles. The zero-order valence-corrected chi connectivity index (χ0v) is 10.1. The van der Waals surface area contributed by atoms with E-state index in [-0.39, 0.29) is 5.92 Å². The molecule has 0 heterocycles. The lowest BCUT2D eigenvalue weighted by Crippen LogP contribution is -1.97. The zero-order valence-electron chi connectivity index (χ0n) is 10.1. The van der Waals surface area contributed by atoms with E-state index in [0.717, 1.165) is 16.9 Å². The van der Waals surface area contributed by atoms with Gasteiger partial charge in [-0.25, -0.2) is 0 Å². The molecule has 2 aromatic carbocycles. The largest absolute Gasteiger partial charge is 0.508 e. The number of phenolic OH excluding ortho intramolecular Hbond substituents is 1. The van der Waals surface area contributed by atoms with Crippen molar-refractivity contribution >= 4 is 0 Å². The molecule has 1 atom stereocenters. The van der Waals surface area contributed by atoms with Gasteiger partial charge in [-0.1, -0.05) is 37.3 Å². The lowest BCUT2D eigenvalue weighted by Gasteiger charge is -2.14. The number of aromatic hydroxyl groups is 1. The Morgan fingerprint density at radius 3 is 2.53 bits per heavy atom. The first-order valence-corrected chi connectivity index (χ1v) is 5.64. The van der Waals surface area contributed by atoms with Crippen molar-refractivity contribution in [2.45, 2.75) is 12.8 Å². The van der Waals surface area contributed by atoms with E-state index in [0.29, 0.717) is 5.75 Å². The molecule has 17 heavy (non-hydrogen) atoms. The molecular weight excluding hydrogens is 212 g/mol. The second-order valence-electron chi connectivity index (χ2n) is 4.06. The maximum atomic E-state index is 9.84. The lowest BCUT2D eigenvalue weighted by molar-refractivity contribution is 0.414. The van der Waals surface area contributed by atoms with Crippen LogP contribution in [0.3, 0.4) is 0 Å². The summed E-state index contributed by atoms with van der Waals surface area (Å²) in [5.74, 6) is 1.32. The highest BCUT2D eigenvalue weighted by Gasteiger charge is 2.12. The van der Waals surface area contributed by atoms with Crippen LogP contribution in [0.2, 0.25) is 0 Å². The topological polar surface area (TPSA) is 29.5 Å². The minimum Gasteiger partial charge on any atom is -0.508 e. The predicted octanol–water partition coefficient (Wildman–Crippen LogP) is 3.55. The second kappa shape index (κ2) is 4.91. The molecular formula is C15H16O2. The molecule has 88 valence electrons. The summed E-state index contributed by atoms with van der Waals surface area (Å²) < 4.78 is 5.21. The Bertz CT molecular complexity index is 506. The van der Waals surface area contributed by atoms with Gasteiger partial charge in [-0.15, -0.1) is 0 Å². The SMILES string of the molecule is COc1cccc(C(C)c2ccccc2O)c1. The number of methoxy groups -OCH3 is 1. The maximum absolute atomic E-state index is 9.84. The average Bonchev–Trinajstić information content (AvgIpc) is 2.38. The Balaban J connectivity index is 2.37. The van der Waals surface area contributed by atoms with Crippen molar-refractivity contribution in [1.82, 2.24) is 0 Å². The normalized spacial score (nSPS) is 12.1. The molecule has 2 aromatic rings. The van der Waals surface area contributed by atoms with Crippen molar-refractivity contribution in [1.29, 1.82) is 0 Å². The fourth-order valence-corrected chi connectivity index (χ4v) is 1.94. The van der Waals surface area contributed by atoms with Crippen molar-refractivity contribution in [3.63, 3.8) is 0 Å². The minimum atomic E-state index is 0.145. The summed E-state index contributed by atoms with van der Waals surface area (Å²) in [7, 11) is 1.66. The van der Waals surface area contributed by atoms with E-state index in [2.05, 4.69) is 6.92 Å². The highest BCUT2D eigenvalue weighted by atomic mass is 16.5. The lowest BCUT2D eigenvalue weighted by atomic mass is 9.92. The Labute approximate surface area is 101 Å². The van der Waals surface area contributed by atoms with E-state index >= 15 is 0 Å². The van der Waals surface area contributed by atoms with E-state index in [1.807, 2.05) is 42.5 Å². The van der Waals surface area contributed by atoms with Crippen molar-refractivity contribution < 1.29 is 9.84 Å². The van der Waals surface area contributed by atoms with Gasteiger partial charge in [-0.05, 0) is 23.8 Å². The Kier molecular flexibility index (Phi) is 3.33. The van der Waals surface area contributed by atoms with Crippen LogP contribution in [0.25, 0.3) is 0 Å². The summed E-state index contributed by atoms with van der Waals surface area (Å²) in [6, 6.07) is 15.3. The highest BCUT2D eigenvalue weighted by Crippen LogP contribution is 2.31. The molecule has 2 nitrogen and oxygen atoms in total. The predicted molar refractivity (Wildman–Crippen MR) is 68.6 cm³/mol. The van der Waals surface area contributed by atoms with Gasteiger partial charge < -0.3 is 9.84 Å². The quantitative estimate of drug-likeness (QED) is 0.870. The van der Waals surface area contributed by atoms with Crippen LogP contribution in [0.1, 0.15) is 24.0 Å². The third-order valence-corrected chi connectivity index (χ3v) is 3.00. The highest BCUT2D eigenvalue weighted by molar-refractivity contribution is 5.42. The summed E-state index contributed by atoms with van der Waals surface area (Å²) in [5, 5.41) is 9.84. The standard InChI is InChI=1S/C15H16O2/c1-11(14-8-3-4-9-15(14)16)12-6-5-7-13(10-12)17-2/h3-11,16H,1-2H3. The molecule has 2 rings (SSSR count). The fourth-order valence-electron chi connectivity index (χ4n) is 1.94. The molecule has 0 saturated carbocycles. The Hall–Kier alpha value is -1.96. The van der Waals surface area contributed by atoms with Gasteiger partial charge in [0.15, 0.2) is 0 Å². The van der Waals surface area contributed by atoms with E-state index in [1.165, 1.54) is 0 Å². The molecule has 1 N–H and O–H groups in total. The van der Waals surface area contributed by atoms with Crippen LogP contribution >= 0.6 is 0 Å². The molecule has 2 heteroatoms. The molecule has 0 aliphatic carbocycles. The van der Waals surface area contributed by atoms with Gasteiger partial charge in [-0.2, -0.15) is 0 Å². The van der Waals surface area contributed by atoms with Crippen LogP contribution in [0.15, 0.2) is 48.5 Å². The van der Waals surface area contributed by atoms with Gasteiger partial charge in [0.2, 0.25) is 0 Å². The number of hydrogen-bond acceptors (Lipinski definition) is 2. The number of ether oxygens (including phenoxy) is 1. The second-order valence-corrected chi connectivity index (χ2v) is 4.06. The summed E-state index contributed by atoms with van der Waals surface area (Å²) in [4.78, 5) is 0. The first-order valence-electron chi connectivity index (χ1n) is 5.64. The first kappa shape index (κ1) is 11.5. The third kappa shape index (κ3) is 2.41. The van der Waals surface area contributed by atoms with Gasteiger partial charge >= 0.3 is 0 Å². The van der Waals surface area contributed by atoms with Crippen molar-refractivity contribution in [3.05, 3.63) is 59.7 Å². The molecule has 0 amide bonds. The zero-order chi connectivity index (χ0) is 12.3. The molecule has 0 fully saturated rings. The van der Waals surface area contributed by atoms with E-state index in [1.54, 1.807) is 13.2 Å². The smallest absolute Gasteiger partial charge is 0.119 e. The molecule has 0 aromatic heterocycles. The van der Waals surface area contributed by atoms with E-state index < -0.39 is 0 Å². The van der Waals surface area contributed by atoms with Gasteiger partial charge in [0, 0.05) is 11.5 Å². The number of benzene rings is 2. The summed E-state index contributed by atoms with van der Waals surface area (Å²) in [6.07, 6.45) is 0. The molecule has 0 bridgehead atoms. The minimum absolute atomic E-state index is 0.145. The maximum Gasteiger partial charge on any atom is 0.119 e. The molecule has 0 aliphatic rings. The number of phenols is 1. The van der Waals surface area contributed by atoms with Crippen molar-refractivity contribution in [2.24, 2.45) is 0 Å². The molecule has 0 spiro atoms. The Morgan fingerprint density at radius 2 is 1.82 bits per heavy atom. The third-order valence-electron chi connectivity index (χ3n) is 3.00. The number of hydrogen-bond donors (Lipinski definition) is 1. The van der Waals surface area contributed by atoms with Gasteiger partial charge in [0.1, 0.15) is 11.5 Å². The van der Waals surface area contributed by atoms with E-state index in [9.17, 15) is 5.11 Å². The number of para-hydroxylation sites is 1. The molecule has 0 saturated heterocycles. The van der Waals surface area contributed by atoms with Gasteiger partial charge in [0.05, 0.1) is 7.11 Å². The van der Waals surface area contributed by atoms with Gasteiger partial charge in [-0.3, -0.25) is 0 Å².